The summed E-state index contributed by atoms with van der Waals surface area (Å²) in [5.41, 5.74) is 7.69. The van der Waals surface area contributed by atoms with Gasteiger partial charge < -0.3 is 10.2 Å². The maximum Gasteiger partial charge on any atom is 0.0411 e. The third-order valence-corrected chi connectivity index (χ3v) is 3.47. The van der Waals surface area contributed by atoms with Crippen LogP contribution < -0.4 is 10.2 Å². The lowest BCUT2D eigenvalue weighted by atomic mass is 10.1. The highest BCUT2D eigenvalue weighted by molar-refractivity contribution is 5.62. The van der Waals surface area contributed by atoms with E-state index in [1.165, 1.54) is 33.6 Å². The van der Waals surface area contributed by atoms with Gasteiger partial charge in [0, 0.05) is 32.0 Å². The highest BCUT2D eigenvalue weighted by Gasteiger charge is 2.03. The summed E-state index contributed by atoms with van der Waals surface area (Å²) in [5.74, 6) is 0. The molecule has 0 radical (unpaired) electrons. The van der Waals surface area contributed by atoms with Gasteiger partial charge in [0.25, 0.3) is 0 Å². The van der Waals surface area contributed by atoms with Crippen LogP contribution in [0.15, 0.2) is 36.4 Å². The molecule has 2 nitrogen and oxygen atoms in total. The minimum atomic E-state index is 0.860. The predicted octanol–water partition coefficient (Wildman–Crippen LogP) is 4.29. The SMILES string of the molecule is Cc1cc(C)cc(CNc2ccc(C)c(N(C)C)c2)c1. The molecule has 0 aliphatic carbocycles. The quantitative estimate of drug-likeness (QED) is 0.890. The lowest BCUT2D eigenvalue weighted by Crippen LogP contribution is -2.11. The molecule has 0 heterocycles. The fourth-order valence-corrected chi connectivity index (χ4v) is 2.58. The molecule has 2 aromatic rings. The van der Waals surface area contributed by atoms with Crippen molar-refractivity contribution in [3.8, 4) is 0 Å². The molecule has 20 heavy (non-hydrogen) atoms. The number of aryl methyl sites for hydroxylation is 3. The van der Waals surface area contributed by atoms with E-state index < -0.39 is 0 Å². The van der Waals surface area contributed by atoms with Crippen LogP contribution in [0.4, 0.5) is 11.4 Å². The molecule has 0 aliphatic heterocycles. The number of hydrogen-bond donors (Lipinski definition) is 1. The maximum absolute atomic E-state index is 3.51. The first-order valence-electron chi connectivity index (χ1n) is 7.05. The molecule has 1 N–H and O–H groups in total. The second-order valence-electron chi connectivity index (χ2n) is 5.75. The van der Waals surface area contributed by atoms with Crippen LogP contribution in [0.3, 0.4) is 0 Å². The number of anilines is 2. The number of nitrogens with one attached hydrogen (secondary N) is 1. The monoisotopic (exact) mass is 268 g/mol. The molecule has 2 rings (SSSR count). The zero-order chi connectivity index (χ0) is 14.7. The summed E-state index contributed by atoms with van der Waals surface area (Å²) in [5, 5.41) is 3.51. The molecule has 0 saturated carbocycles. The van der Waals surface area contributed by atoms with Gasteiger partial charge in [0.05, 0.1) is 0 Å². The van der Waals surface area contributed by atoms with Crippen LogP contribution in [-0.2, 0) is 6.54 Å². The topological polar surface area (TPSA) is 15.3 Å². The molecule has 0 aliphatic rings. The summed E-state index contributed by atoms with van der Waals surface area (Å²) in [7, 11) is 4.16. The third kappa shape index (κ3) is 3.53. The summed E-state index contributed by atoms with van der Waals surface area (Å²) >= 11 is 0. The Morgan fingerprint density at radius 2 is 1.55 bits per heavy atom. The highest BCUT2D eigenvalue weighted by atomic mass is 15.1. The van der Waals surface area contributed by atoms with Crippen molar-refractivity contribution < 1.29 is 0 Å². The molecule has 0 spiro atoms. The van der Waals surface area contributed by atoms with Gasteiger partial charge in [0.2, 0.25) is 0 Å². The summed E-state index contributed by atoms with van der Waals surface area (Å²) in [6, 6.07) is 13.2. The molecule has 0 saturated heterocycles. The van der Waals surface area contributed by atoms with Crippen molar-refractivity contribution in [3.05, 3.63) is 58.7 Å². The van der Waals surface area contributed by atoms with E-state index in [1.807, 2.05) is 0 Å². The van der Waals surface area contributed by atoms with Gasteiger partial charge in [-0.05, 0) is 44.0 Å². The van der Waals surface area contributed by atoms with Crippen molar-refractivity contribution in [2.45, 2.75) is 27.3 Å². The summed E-state index contributed by atoms with van der Waals surface area (Å²) in [6.45, 7) is 7.29. The summed E-state index contributed by atoms with van der Waals surface area (Å²) in [4.78, 5) is 2.15. The normalized spacial score (nSPS) is 10.4. The Labute approximate surface area is 122 Å². The largest absolute Gasteiger partial charge is 0.381 e. The minimum Gasteiger partial charge on any atom is -0.381 e. The van der Waals surface area contributed by atoms with Crippen molar-refractivity contribution in [2.75, 3.05) is 24.3 Å². The van der Waals surface area contributed by atoms with Crippen LogP contribution in [-0.4, -0.2) is 14.1 Å². The number of benzene rings is 2. The second kappa shape index (κ2) is 6.00. The molecule has 0 atom stereocenters. The first kappa shape index (κ1) is 14.4. The van der Waals surface area contributed by atoms with Crippen LogP contribution in [0.5, 0.6) is 0 Å². The fourth-order valence-electron chi connectivity index (χ4n) is 2.58. The summed E-state index contributed by atoms with van der Waals surface area (Å²) < 4.78 is 0. The Morgan fingerprint density at radius 1 is 0.900 bits per heavy atom. The molecule has 0 unspecified atom stereocenters. The Bertz CT molecular complexity index is 580. The lowest BCUT2D eigenvalue weighted by Gasteiger charge is -2.17. The van der Waals surface area contributed by atoms with Crippen LogP contribution in [0.2, 0.25) is 0 Å². The third-order valence-electron chi connectivity index (χ3n) is 3.47. The first-order valence-corrected chi connectivity index (χ1v) is 7.05. The van der Waals surface area contributed by atoms with Crippen molar-refractivity contribution in [2.24, 2.45) is 0 Å². The van der Waals surface area contributed by atoms with Crippen LogP contribution in [0.25, 0.3) is 0 Å². The van der Waals surface area contributed by atoms with Crippen molar-refractivity contribution in [1.29, 1.82) is 0 Å². The number of hydrogen-bond acceptors (Lipinski definition) is 2. The lowest BCUT2D eigenvalue weighted by molar-refractivity contribution is 1.10. The molecule has 0 fully saturated rings. The average Bonchev–Trinajstić information content (AvgIpc) is 2.36. The van der Waals surface area contributed by atoms with E-state index in [2.05, 4.69) is 81.5 Å². The fraction of sp³-hybridized carbons (Fsp3) is 0.333. The zero-order valence-corrected chi connectivity index (χ0v) is 13.1. The van der Waals surface area contributed by atoms with Crippen LogP contribution in [0, 0.1) is 20.8 Å². The Kier molecular flexibility index (Phi) is 4.33. The Balaban J connectivity index is 2.12. The van der Waals surface area contributed by atoms with Crippen molar-refractivity contribution in [3.63, 3.8) is 0 Å². The van der Waals surface area contributed by atoms with Crippen LogP contribution in [0.1, 0.15) is 22.3 Å². The molecular weight excluding hydrogens is 244 g/mol. The molecule has 2 aromatic carbocycles. The number of rotatable bonds is 4. The van der Waals surface area contributed by atoms with Gasteiger partial charge in [-0.25, -0.2) is 0 Å². The molecule has 0 amide bonds. The Morgan fingerprint density at radius 3 is 2.15 bits per heavy atom. The van der Waals surface area contributed by atoms with Crippen molar-refractivity contribution in [1.82, 2.24) is 0 Å². The summed E-state index contributed by atoms with van der Waals surface area (Å²) in [6.07, 6.45) is 0. The smallest absolute Gasteiger partial charge is 0.0411 e. The Hall–Kier alpha value is -1.96. The van der Waals surface area contributed by atoms with E-state index in [1.54, 1.807) is 0 Å². The number of nitrogens with zero attached hydrogens (tertiary/aromatic N) is 1. The minimum absolute atomic E-state index is 0.860. The van der Waals surface area contributed by atoms with E-state index in [0.717, 1.165) is 6.54 Å². The molecule has 0 aromatic heterocycles. The molecule has 106 valence electrons. The van der Waals surface area contributed by atoms with Gasteiger partial charge in [-0.1, -0.05) is 35.4 Å². The molecular formula is C18H24N2. The predicted molar refractivity (Wildman–Crippen MR) is 88.7 cm³/mol. The van der Waals surface area contributed by atoms with Crippen LogP contribution >= 0.6 is 0 Å². The highest BCUT2D eigenvalue weighted by Crippen LogP contribution is 2.23. The second-order valence-corrected chi connectivity index (χ2v) is 5.75. The standard InChI is InChI=1S/C18H24N2/c1-13-8-14(2)10-16(9-13)12-19-17-7-6-15(3)18(11-17)20(4)5/h6-11,19H,12H2,1-5H3. The van der Waals surface area contributed by atoms with Gasteiger partial charge in [0.15, 0.2) is 0 Å². The van der Waals surface area contributed by atoms with Gasteiger partial charge in [0.1, 0.15) is 0 Å². The van der Waals surface area contributed by atoms with Gasteiger partial charge >= 0.3 is 0 Å². The van der Waals surface area contributed by atoms with E-state index >= 15 is 0 Å². The van der Waals surface area contributed by atoms with E-state index in [-0.39, 0.29) is 0 Å². The zero-order valence-electron chi connectivity index (χ0n) is 13.1. The molecule has 2 heteroatoms. The maximum atomic E-state index is 3.51. The van der Waals surface area contributed by atoms with Gasteiger partial charge in [-0.2, -0.15) is 0 Å². The van der Waals surface area contributed by atoms with E-state index in [4.69, 9.17) is 0 Å². The van der Waals surface area contributed by atoms with E-state index in [9.17, 15) is 0 Å². The average molecular weight is 268 g/mol. The van der Waals surface area contributed by atoms with Gasteiger partial charge in [-0.3, -0.25) is 0 Å². The first-order chi connectivity index (χ1) is 9.45. The molecule has 0 bridgehead atoms. The van der Waals surface area contributed by atoms with Crippen molar-refractivity contribution >= 4 is 11.4 Å². The van der Waals surface area contributed by atoms with Gasteiger partial charge in [-0.15, -0.1) is 0 Å². The van der Waals surface area contributed by atoms with E-state index in [0.29, 0.717) is 0 Å².